The Morgan fingerprint density at radius 1 is 1.21 bits per heavy atom. The highest BCUT2D eigenvalue weighted by molar-refractivity contribution is 7.13. The fourth-order valence-corrected chi connectivity index (χ4v) is 6.27. The summed E-state index contributed by atoms with van der Waals surface area (Å²) in [6.45, 7) is 1.85. The topological polar surface area (TPSA) is 117 Å². The van der Waals surface area contributed by atoms with Crippen LogP contribution in [-0.2, 0) is 4.79 Å². The number of carbonyl (C=O) groups is 1. The summed E-state index contributed by atoms with van der Waals surface area (Å²) < 4.78 is 15.8. The Morgan fingerprint density at radius 2 is 2.00 bits per heavy atom. The Balaban J connectivity index is 1.49. The lowest BCUT2D eigenvalue weighted by molar-refractivity contribution is -0.148. The van der Waals surface area contributed by atoms with Crippen LogP contribution >= 0.6 is 11.3 Å². The van der Waals surface area contributed by atoms with Gasteiger partial charge in [0.25, 0.3) is 0 Å². The van der Waals surface area contributed by atoms with Gasteiger partial charge in [-0.3, -0.25) is 4.79 Å². The summed E-state index contributed by atoms with van der Waals surface area (Å²) in [4.78, 5) is 34.0. The number of rotatable bonds is 5. The molecule has 4 aromatic rings. The molecule has 0 aliphatic heterocycles. The third-order valence-electron chi connectivity index (χ3n) is 7.16. The molecule has 1 unspecified atom stereocenters. The molecular formula is C24H23FN6O2S. The highest BCUT2D eigenvalue weighted by atomic mass is 32.1. The number of aliphatic carboxylic acids is 1. The molecule has 3 N–H and O–H groups in total. The molecule has 0 aromatic carbocycles. The molecule has 3 aliphatic rings. The van der Waals surface area contributed by atoms with E-state index in [0.717, 1.165) is 31.4 Å². The van der Waals surface area contributed by atoms with Crippen molar-refractivity contribution in [2.45, 2.75) is 38.6 Å². The van der Waals surface area contributed by atoms with Gasteiger partial charge in [0.2, 0.25) is 0 Å². The van der Waals surface area contributed by atoms with Crippen molar-refractivity contribution >= 4 is 34.3 Å². The number of fused-ring (bicyclic) bond motifs is 4. The van der Waals surface area contributed by atoms with Gasteiger partial charge >= 0.3 is 5.97 Å². The van der Waals surface area contributed by atoms with Gasteiger partial charge in [-0.05, 0) is 55.9 Å². The lowest BCUT2D eigenvalue weighted by Crippen LogP contribution is -2.51. The molecule has 3 aliphatic carbocycles. The molecule has 10 heteroatoms. The molecule has 0 amide bonds. The second-order valence-electron chi connectivity index (χ2n) is 9.16. The van der Waals surface area contributed by atoms with Crippen molar-refractivity contribution in [2.75, 3.05) is 5.32 Å². The summed E-state index contributed by atoms with van der Waals surface area (Å²) in [5, 5.41) is 15.0. The maximum Gasteiger partial charge on any atom is 0.308 e. The Kier molecular flexibility index (Phi) is 5.05. The first-order valence-electron chi connectivity index (χ1n) is 11.4. The van der Waals surface area contributed by atoms with Gasteiger partial charge in [0.05, 0.1) is 28.2 Å². The van der Waals surface area contributed by atoms with Crippen LogP contribution in [0.3, 0.4) is 0 Å². The van der Waals surface area contributed by atoms with E-state index in [9.17, 15) is 9.90 Å². The average Bonchev–Trinajstić information content (AvgIpc) is 3.51. The number of aromatic amines is 1. The predicted molar refractivity (Wildman–Crippen MR) is 127 cm³/mol. The monoisotopic (exact) mass is 478 g/mol. The summed E-state index contributed by atoms with van der Waals surface area (Å²) in [6.07, 6.45) is 7.10. The van der Waals surface area contributed by atoms with Crippen LogP contribution in [0.2, 0.25) is 0 Å². The lowest BCUT2D eigenvalue weighted by Gasteiger charge is -2.47. The van der Waals surface area contributed by atoms with E-state index in [1.807, 2.05) is 24.4 Å². The predicted octanol–water partition coefficient (Wildman–Crippen LogP) is 4.89. The Hall–Kier alpha value is -3.40. The number of hydrogen-bond donors (Lipinski definition) is 3. The van der Waals surface area contributed by atoms with Gasteiger partial charge in [-0.15, -0.1) is 11.3 Å². The van der Waals surface area contributed by atoms with Crippen LogP contribution in [0.1, 0.15) is 31.4 Å². The number of aryl methyl sites for hydroxylation is 1. The summed E-state index contributed by atoms with van der Waals surface area (Å²) in [5.41, 5.74) is 2.75. The quantitative estimate of drug-likeness (QED) is 0.374. The number of nitrogens with zero attached hydrogens (tertiary/aromatic N) is 4. The molecule has 2 bridgehead atoms. The van der Waals surface area contributed by atoms with Gasteiger partial charge in [-0.1, -0.05) is 6.07 Å². The maximum atomic E-state index is 15.8. The highest BCUT2D eigenvalue weighted by Crippen LogP contribution is 2.46. The van der Waals surface area contributed by atoms with Crippen LogP contribution < -0.4 is 5.32 Å². The molecule has 2 atom stereocenters. The zero-order valence-corrected chi connectivity index (χ0v) is 19.3. The first-order valence-corrected chi connectivity index (χ1v) is 12.3. The van der Waals surface area contributed by atoms with Gasteiger partial charge in [0.1, 0.15) is 11.2 Å². The van der Waals surface area contributed by atoms with Crippen molar-refractivity contribution < 1.29 is 14.3 Å². The van der Waals surface area contributed by atoms with E-state index in [0.29, 0.717) is 27.4 Å². The van der Waals surface area contributed by atoms with E-state index in [1.54, 1.807) is 12.4 Å². The van der Waals surface area contributed by atoms with E-state index < -0.39 is 17.7 Å². The number of thiophene rings is 1. The number of halogens is 1. The smallest absolute Gasteiger partial charge is 0.308 e. The first-order chi connectivity index (χ1) is 16.5. The number of carboxylic acids is 1. The second-order valence-corrected chi connectivity index (χ2v) is 10.1. The van der Waals surface area contributed by atoms with E-state index in [4.69, 9.17) is 0 Å². The van der Waals surface area contributed by atoms with Gasteiger partial charge in [0.15, 0.2) is 23.1 Å². The largest absolute Gasteiger partial charge is 0.481 e. The minimum atomic E-state index is -0.831. The van der Waals surface area contributed by atoms with Crippen molar-refractivity contribution in [3.8, 4) is 22.0 Å². The fraction of sp³-hybridized carbons (Fsp3) is 0.375. The molecule has 0 spiro atoms. The molecule has 7 rings (SSSR count). The normalized spacial score (nSPS) is 23.9. The molecule has 34 heavy (non-hydrogen) atoms. The van der Waals surface area contributed by atoms with Crippen LogP contribution in [0.4, 0.5) is 10.2 Å². The molecule has 0 radical (unpaired) electrons. The maximum absolute atomic E-state index is 15.8. The van der Waals surface area contributed by atoms with Crippen molar-refractivity contribution in [1.29, 1.82) is 0 Å². The third kappa shape index (κ3) is 3.44. The molecule has 174 valence electrons. The zero-order valence-electron chi connectivity index (χ0n) is 18.5. The molecule has 4 heterocycles. The minimum Gasteiger partial charge on any atom is -0.481 e. The Morgan fingerprint density at radius 3 is 2.74 bits per heavy atom. The molecule has 8 nitrogen and oxygen atoms in total. The second kappa shape index (κ2) is 8.12. The molecule has 3 fully saturated rings. The number of anilines is 1. The Labute approximate surface area is 198 Å². The lowest BCUT2D eigenvalue weighted by atomic mass is 9.61. The van der Waals surface area contributed by atoms with Crippen molar-refractivity contribution in [1.82, 2.24) is 24.9 Å². The number of H-pyrrole nitrogens is 1. The van der Waals surface area contributed by atoms with Gasteiger partial charge < -0.3 is 15.4 Å². The Bertz CT molecular complexity index is 1380. The average molecular weight is 479 g/mol. The summed E-state index contributed by atoms with van der Waals surface area (Å²) in [6, 6.07) is 3.28. The number of aromatic nitrogens is 5. The van der Waals surface area contributed by atoms with Crippen LogP contribution in [-0.4, -0.2) is 42.0 Å². The van der Waals surface area contributed by atoms with E-state index in [-0.39, 0.29) is 29.4 Å². The molecule has 4 aromatic heterocycles. The van der Waals surface area contributed by atoms with Crippen molar-refractivity contribution in [3.63, 3.8) is 0 Å². The zero-order chi connectivity index (χ0) is 23.4. The number of hydrogen-bond acceptors (Lipinski definition) is 7. The number of carboxylic acid groups (broad SMARTS) is 1. The van der Waals surface area contributed by atoms with Crippen molar-refractivity contribution in [2.24, 2.45) is 17.8 Å². The number of nitrogens with one attached hydrogen (secondary N) is 2. The van der Waals surface area contributed by atoms with E-state index >= 15 is 4.39 Å². The van der Waals surface area contributed by atoms with E-state index in [1.165, 1.54) is 11.3 Å². The van der Waals surface area contributed by atoms with Crippen molar-refractivity contribution in [3.05, 3.63) is 41.4 Å². The van der Waals surface area contributed by atoms with Crippen LogP contribution in [0.15, 0.2) is 29.9 Å². The van der Waals surface area contributed by atoms with Crippen LogP contribution in [0.25, 0.3) is 33.1 Å². The summed E-state index contributed by atoms with van der Waals surface area (Å²) in [5.74, 6) is -1.33. The van der Waals surface area contributed by atoms with Gasteiger partial charge in [-0.25, -0.2) is 24.3 Å². The van der Waals surface area contributed by atoms with E-state index in [2.05, 4.69) is 30.2 Å². The van der Waals surface area contributed by atoms with Gasteiger partial charge in [-0.2, -0.15) is 0 Å². The van der Waals surface area contributed by atoms with Crippen LogP contribution in [0.5, 0.6) is 0 Å². The fourth-order valence-electron chi connectivity index (χ4n) is 5.56. The summed E-state index contributed by atoms with van der Waals surface area (Å²) in [7, 11) is 0. The first kappa shape index (κ1) is 21.2. The van der Waals surface area contributed by atoms with Crippen LogP contribution in [0, 0.1) is 30.5 Å². The SMILES string of the molecule is Cc1cnc2[nH]cc(-c3nc(NC4C5CCC(CC5)[C@@H]4C(=O)O)c(F)c(-c4cccs4)n3)c2n1. The highest BCUT2D eigenvalue weighted by Gasteiger charge is 2.47. The minimum absolute atomic E-state index is 0.0344. The van der Waals surface area contributed by atoms with Gasteiger partial charge in [0, 0.05) is 12.2 Å². The third-order valence-corrected chi connectivity index (χ3v) is 8.03. The molecule has 0 saturated heterocycles. The molecule has 3 saturated carbocycles. The molecular weight excluding hydrogens is 455 g/mol. The summed E-state index contributed by atoms with van der Waals surface area (Å²) >= 11 is 1.39. The standard InChI is InChI=1S/C24H23FN6O2S/c1-11-9-26-23-19(28-11)14(10-27-23)21-30-20(15-3-2-8-34-15)17(25)22(31-21)29-18-13-6-4-12(5-7-13)16(18)24(32)33/h2-3,8-10,12-13,16,18H,4-7H2,1H3,(H,26,27)(H,32,33)(H,29,30,31)/t12?,13?,16-,18?/m0/s1.